The molecule has 2 heterocycles. The zero-order valence-corrected chi connectivity index (χ0v) is 10.9. The third-order valence-corrected chi connectivity index (χ3v) is 2.78. The first kappa shape index (κ1) is 11.9. The number of pyridine rings is 1. The van der Waals surface area contributed by atoms with Crippen LogP contribution >= 0.6 is 11.6 Å². The molecule has 2 rings (SSSR count). The van der Waals surface area contributed by atoms with E-state index < -0.39 is 0 Å². The van der Waals surface area contributed by atoms with E-state index in [0.717, 1.165) is 23.6 Å². The number of hydrogen-bond donors (Lipinski definition) is 0. The quantitative estimate of drug-likeness (QED) is 0.840. The van der Waals surface area contributed by atoms with Crippen molar-refractivity contribution in [1.29, 1.82) is 0 Å². The van der Waals surface area contributed by atoms with Crippen LogP contribution in [-0.2, 0) is 6.54 Å². The Labute approximate surface area is 106 Å². The molecule has 2 aromatic heterocycles. The number of rotatable bonds is 3. The summed E-state index contributed by atoms with van der Waals surface area (Å²) in [6.07, 6.45) is 3.74. The maximum atomic E-state index is 6.18. The summed E-state index contributed by atoms with van der Waals surface area (Å²) in [5.41, 5.74) is 1.83. The summed E-state index contributed by atoms with van der Waals surface area (Å²) in [5, 5.41) is 5.06. The molecule has 0 saturated heterocycles. The summed E-state index contributed by atoms with van der Waals surface area (Å²) in [5.74, 6) is 0.769. The number of anilines is 1. The Kier molecular flexibility index (Phi) is 3.33. The van der Waals surface area contributed by atoms with Crippen molar-refractivity contribution >= 4 is 17.4 Å². The third-order valence-electron chi connectivity index (χ3n) is 2.51. The first-order valence-corrected chi connectivity index (χ1v) is 5.86. The van der Waals surface area contributed by atoms with Gasteiger partial charge in [-0.15, -0.1) is 0 Å². The lowest BCUT2D eigenvalue weighted by atomic mass is 10.2. The molecular weight excluding hydrogens is 236 g/mol. The lowest BCUT2D eigenvalue weighted by Crippen LogP contribution is -2.11. The van der Waals surface area contributed by atoms with Gasteiger partial charge in [0.1, 0.15) is 5.82 Å². The highest BCUT2D eigenvalue weighted by Gasteiger charge is 2.08. The van der Waals surface area contributed by atoms with Crippen molar-refractivity contribution in [2.75, 3.05) is 19.0 Å². The Morgan fingerprint density at radius 2 is 2.18 bits per heavy atom. The Morgan fingerprint density at radius 3 is 2.71 bits per heavy atom. The van der Waals surface area contributed by atoms with Gasteiger partial charge in [-0.25, -0.2) is 4.98 Å². The molecule has 0 N–H and O–H groups in total. The van der Waals surface area contributed by atoms with E-state index in [0.29, 0.717) is 5.02 Å². The monoisotopic (exact) mass is 250 g/mol. The second-order valence-corrected chi connectivity index (χ2v) is 4.39. The number of nitrogens with zero attached hydrogens (tertiary/aromatic N) is 4. The SMILES string of the molecule is CCn1ccc(-c2cnc(N(C)C)c(Cl)c2)n1. The molecule has 90 valence electrons. The topological polar surface area (TPSA) is 34.0 Å². The zero-order valence-electron chi connectivity index (χ0n) is 10.2. The molecule has 0 radical (unpaired) electrons. The molecule has 0 bridgehead atoms. The fourth-order valence-corrected chi connectivity index (χ4v) is 1.93. The van der Waals surface area contributed by atoms with Crippen molar-refractivity contribution in [2.24, 2.45) is 0 Å². The van der Waals surface area contributed by atoms with Crippen molar-refractivity contribution < 1.29 is 0 Å². The average molecular weight is 251 g/mol. The zero-order chi connectivity index (χ0) is 12.4. The highest BCUT2D eigenvalue weighted by atomic mass is 35.5. The molecular formula is C12H15ClN4. The Hall–Kier alpha value is -1.55. The molecule has 0 aromatic carbocycles. The molecule has 0 atom stereocenters. The van der Waals surface area contributed by atoms with E-state index in [-0.39, 0.29) is 0 Å². The van der Waals surface area contributed by atoms with Gasteiger partial charge in [0.05, 0.1) is 10.7 Å². The molecule has 0 aliphatic rings. The smallest absolute Gasteiger partial charge is 0.146 e. The van der Waals surface area contributed by atoms with Gasteiger partial charge in [0.25, 0.3) is 0 Å². The van der Waals surface area contributed by atoms with Gasteiger partial charge in [-0.2, -0.15) is 5.10 Å². The molecule has 0 saturated carbocycles. The normalized spacial score (nSPS) is 10.6. The molecule has 0 aliphatic heterocycles. The van der Waals surface area contributed by atoms with E-state index in [4.69, 9.17) is 11.6 Å². The Balaban J connectivity index is 2.37. The average Bonchev–Trinajstić information content (AvgIpc) is 2.76. The van der Waals surface area contributed by atoms with Crippen LogP contribution in [0.5, 0.6) is 0 Å². The van der Waals surface area contributed by atoms with Crippen LogP contribution in [0.3, 0.4) is 0 Å². The standard InChI is InChI=1S/C12H15ClN4/c1-4-17-6-5-11(15-17)9-7-10(13)12(14-8-9)16(2)3/h5-8H,4H2,1-3H3. The molecule has 0 spiro atoms. The largest absolute Gasteiger partial charge is 0.362 e. The summed E-state index contributed by atoms with van der Waals surface area (Å²) >= 11 is 6.18. The second kappa shape index (κ2) is 4.75. The maximum absolute atomic E-state index is 6.18. The first-order chi connectivity index (χ1) is 8.11. The predicted molar refractivity (Wildman–Crippen MR) is 70.5 cm³/mol. The fraction of sp³-hybridized carbons (Fsp3) is 0.333. The van der Waals surface area contributed by atoms with Gasteiger partial charge in [-0.3, -0.25) is 4.68 Å². The van der Waals surface area contributed by atoms with Crippen LogP contribution < -0.4 is 4.90 Å². The molecule has 17 heavy (non-hydrogen) atoms. The van der Waals surface area contributed by atoms with Crippen LogP contribution in [0.4, 0.5) is 5.82 Å². The van der Waals surface area contributed by atoms with Gasteiger partial charge in [-0.05, 0) is 19.1 Å². The minimum atomic E-state index is 0.638. The van der Waals surface area contributed by atoms with E-state index in [1.54, 1.807) is 6.20 Å². The van der Waals surface area contributed by atoms with E-state index in [2.05, 4.69) is 17.0 Å². The molecule has 0 amide bonds. The van der Waals surface area contributed by atoms with Crippen LogP contribution in [0.15, 0.2) is 24.5 Å². The fourth-order valence-electron chi connectivity index (χ4n) is 1.59. The molecule has 0 unspecified atom stereocenters. The van der Waals surface area contributed by atoms with E-state index in [1.807, 2.05) is 42.0 Å². The van der Waals surface area contributed by atoms with Crippen LogP contribution in [0.2, 0.25) is 5.02 Å². The Morgan fingerprint density at radius 1 is 1.41 bits per heavy atom. The van der Waals surface area contributed by atoms with Crippen molar-refractivity contribution in [2.45, 2.75) is 13.5 Å². The number of aromatic nitrogens is 3. The first-order valence-electron chi connectivity index (χ1n) is 5.48. The van der Waals surface area contributed by atoms with E-state index in [9.17, 15) is 0 Å². The van der Waals surface area contributed by atoms with Gasteiger partial charge in [-0.1, -0.05) is 11.6 Å². The van der Waals surface area contributed by atoms with Crippen molar-refractivity contribution in [3.05, 3.63) is 29.5 Å². The number of aryl methyl sites for hydroxylation is 1. The van der Waals surface area contributed by atoms with Crippen LogP contribution in [-0.4, -0.2) is 28.9 Å². The molecule has 0 aliphatic carbocycles. The van der Waals surface area contributed by atoms with Gasteiger partial charge < -0.3 is 4.90 Å². The van der Waals surface area contributed by atoms with Gasteiger partial charge in [0.15, 0.2) is 0 Å². The summed E-state index contributed by atoms with van der Waals surface area (Å²) in [6.45, 7) is 2.91. The van der Waals surface area contributed by atoms with E-state index in [1.165, 1.54) is 0 Å². The summed E-state index contributed by atoms with van der Waals surface area (Å²) in [4.78, 5) is 6.22. The molecule has 5 heteroatoms. The molecule has 0 fully saturated rings. The van der Waals surface area contributed by atoms with Crippen molar-refractivity contribution in [3.8, 4) is 11.3 Å². The van der Waals surface area contributed by atoms with Gasteiger partial charge >= 0.3 is 0 Å². The van der Waals surface area contributed by atoms with E-state index >= 15 is 0 Å². The van der Waals surface area contributed by atoms with Crippen molar-refractivity contribution in [1.82, 2.24) is 14.8 Å². The van der Waals surface area contributed by atoms with Crippen LogP contribution in [0, 0.1) is 0 Å². The molecule has 2 aromatic rings. The predicted octanol–water partition coefficient (Wildman–Crippen LogP) is 2.68. The van der Waals surface area contributed by atoms with Gasteiger partial charge in [0, 0.05) is 38.6 Å². The number of hydrogen-bond acceptors (Lipinski definition) is 3. The second-order valence-electron chi connectivity index (χ2n) is 3.98. The lowest BCUT2D eigenvalue weighted by molar-refractivity contribution is 0.662. The third kappa shape index (κ3) is 2.42. The van der Waals surface area contributed by atoms with Crippen LogP contribution in [0.25, 0.3) is 11.3 Å². The summed E-state index contributed by atoms with van der Waals surface area (Å²) < 4.78 is 1.88. The molecule has 4 nitrogen and oxygen atoms in total. The highest BCUT2D eigenvalue weighted by molar-refractivity contribution is 6.33. The van der Waals surface area contributed by atoms with Crippen molar-refractivity contribution in [3.63, 3.8) is 0 Å². The summed E-state index contributed by atoms with van der Waals surface area (Å²) in [6, 6.07) is 3.86. The number of halogens is 1. The Bertz CT molecular complexity index is 519. The lowest BCUT2D eigenvalue weighted by Gasteiger charge is -2.13. The highest BCUT2D eigenvalue weighted by Crippen LogP contribution is 2.26. The minimum Gasteiger partial charge on any atom is -0.362 e. The summed E-state index contributed by atoms with van der Waals surface area (Å²) in [7, 11) is 3.83. The van der Waals surface area contributed by atoms with Gasteiger partial charge in [0.2, 0.25) is 0 Å². The van der Waals surface area contributed by atoms with Crippen LogP contribution in [0.1, 0.15) is 6.92 Å². The minimum absolute atomic E-state index is 0.638. The maximum Gasteiger partial charge on any atom is 0.146 e.